The third-order valence-corrected chi connectivity index (χ3v) is 5.62. The van der Waals surface area contributed by atoms with Crippen LogP contribution in [-0.4, -0.2) is 60.1 Å². The van der Waals surface area contributed by atoms with Crippen LogP contribution in [0.2, 0.25) is 5.02 Å². The summed E-state index contributed by atoms with van der Waals surface area (Å²) in [5.41, 5.74) is 1.68. The molecular formula is C21H18ClN3O4. The molecule has 4 amide bonds. The second-order valence-electron chi connectivity index (χ2n) is 7.20. The second kappa shape index (κ2) is 7.00. The number of fused-ring (bicyclic) bond motifs is 2. The van der Waals surface area contributed by atoms with Crippen LogP contribution < -0.4 is 4.90 Å². The average Bonchev–Trinajstić information content (AvgIpc) is 2.95. The first-order chi connectivity index (χ1) is 13.8. The SMILES string of the molecule is CN(C)C(=O)CN1C(=O)C(N2C(=O)c3ccccc3C2=O)Cc2c(Cl)cccc21. The number of anilines is 1. The lowest BCUT2D eigenvalue weighted by Crippen LogP contribution is -2.56. The van der Waals surface area contributed by atoms with E-state index >= 15 is 0 Å². The van der Waals surface area contributed by atoms with Gasteiger partial charge >= 0.3 is 0 Å². The molecule has 2 aliphatic heterocycles. The molecule has 0 spiro atoms. The van der Waals surface area contributed by atoms with E-state index in [4.69, 9.17) is 11.6 Å². The molecule has 0 aromatic heterocycles. The smallest absolute Gasteiger partial charge is 0.262 e. The minimum atomic E-state index is -1.07. The van der Waals surface area contributed by atoms with Crippen LogP contribution in [0.15, 0.2) is 42.5 Å². The Morgan fingerprint density at radius 3 is 2.24 bits per heavy atom. The number of benzene rings is 2. The number of rotatable bonds is 3. The fourth-order valence-electron chi connectivity index (χ4n) is 3.71. The van der Waals surface area contributed by atoms with E-state index in [9.17, 15) is 19.2 Å². The maximum absolute atomic E-state index is 13.4. The van der Waals surface area contributed by atoms with Crippen LogP contribution in [0, 0.1) is 0 Å². The molecule has 2 aliphatic rings. The van der Waals surface area contributed by atoms with E-state index in [-0.39, 0.29) is 30.0 Å². The van der Waals surface area contributed by atoms with Crippen molar-refractivity contribution < 1.29 is 19.2 Å². The van der Waals surface area contributed by atoms with Crippen LogP contribution in [0.1, 0.15) is 26.3 Å². The highest BCUT2D eigenvalue weighted by Gasteiger charge is 2.47. The van der Waals surface area contributed by atoms with E-state index in [0.717, 1.165) is 4.90 Å². The number of halogens is 1. The molecule has 0 N–H and O–H groups in total. The van der Waals surface area contributed by atoms with Gasteiger partial charge in [-0.05, 0) is 29.8 Å². The van der Waals surface area contributed by atoms with Gasteiger partial charge < -0.3 is 9.80 Å². The Bertz CT molecular complexity index is 1030. The molecule has 29 heavy (non-hydrogen) atoms. The van der Waals surface area contributed by atoms with Crippen molar-refractivity contribution in [3.05, 3.63) is 64.2 Å². The molecule has 0 fully saturated rings. The lowest BCUT2D eigenvalue weighted by atomic mass is 9.95. The minimum absolute atomic E-state index is 0.103. The first-order valence-electron chi connectivity index (χ1n) is 9.07. The Kier molecular flexibility index (Phi) is 4.62. The Morgan fingerprint density at radius 2 is 1.66 bits per heavy atom. The van der Waals surface area contributed by atoms with E-state index in [1.54, 1.807) is 56.6 Å². The first kappa shape index (κ1) is 19.1. The maximum atomic E-state index is 13.4. The standard InChI is InChI=1S/C21H18ClN3O4/c1-23(2)18(26)11-24-16-9-5-8-15(22)14(16)10-17(21(24)29)25-19(27)12-6-3-4-7-13(12)20(25)28/h3-9,17H,10-11H2,1-2H3. The third-order valence-electron chi connectivity index (χ3n) is 5.26. The van der Waals surface area contributed by atoms with E-state index in [1.165, 1.54) is 9.80 Å². The Morgan fingerprint density at radius 1 is 1.03 bits per heavy atom. The highest BCUT2D eigenvalue weighted by Crippen LogP contribution is 2.36. The van der Waals surface area contributed by atoms with Crippen molar-refractivity contribution in [2.75, 3.05) is 25.5 Å². The van der Waals surface area contributed by atoms with Crippen molar-refractivity contribution in [2.24, 2.45) is 0 Å². The number of hydrogen-bond acceptors (Lipinski definition) is 4. The fourth-order valence-corrected chi connectivity index (χ4v) is 3.96. The number of carbonyl (C=O) groups excluding carboxylic acids is 4. The summed E-state index contributed by atoms with van der Waals surface area (Å²) in [5, 5.41) is 0.416. The Balaban J connectivity index is 1.77. The fraction of sp³-hybridized carbons (Fsp3) is 0.238. The van der Waals surface area contributed by atoms with Gasteiger partial charge in [0, 0.05) is 31.2 Å². The molecule has 7 nitrogen and oxygen atoms in total. The lowest BCUT2D eigenvalue weighted by molar-refractivity contribution is -0.130. The maximum Gasteiger partial charge on any atom is 0.262 e. The van der Waals surface area contributed by atoms with Crippen LogP contribution in [0.3, 0.4) is 0 Å². The molecule has 0 radical (unpaired) electrons. The molecule has 148 valence electrons. The average molecular weight is 412 g/mol. The van der Waals surface area contributed by atoms with Crippen LogP contribution in [0.4, 0.5) is 5.69 Å². The van der Waals surface area contributed by atoms with E-state index in [1.807, 2.05) is 0 Å². The van der Waals surface area contributed by atoms with Crippen LogP contribution in [-0.2, 0) is 16.0 Å². The summed E-state index contributed by atoms with van der Waals surface area (Å²) in [5.74, 6) is -1.80. The summed E-state index contributed by atoms with van der Waals surface area (Å²) < 4.78 is 0. The number of imide groups is 1. The van der Waals surface area contributed by atoms with E-state index < -0.39 is 23.8 Å². The second-order valence-corrected chi connectivity index (χ2v) is 7.60. The molecule has 0 saturated carbocycles. The molecule has 0 bridgehead atoms. The summed E-state index contributed by atoms with van der Waals surface area (Å²) >= 11 is 6.37. The summed E-state index contributed by atoms with van der Waals surface area (Å²) in [6, 6.07) is 10.5. The number of carbonyl (C=O) groups is 4. The summed E-state index contributed by atoms with van der Waals surface area (Å²) in [6.45, 7) is -0.209. The molecule has 2 aromatic rings. The topological polar surface area (TPSA) is 78.0 Å². The van der Waals surface area contributed by atoms with Gasteiger partial charge in [0.25, 0.3) is 17.7 Å². The number of hydrogen-bond donors (Lipinski definition) is 0. The molecule has 0 saturated heterocycles. The predicted molar refractivity (Wildman–Crippen MR) is 107 cm³/mol. The van der Waals surface area contributed by atoms with Crippen LogP contribution in [0.5, 0.6) is 0 Å². The highest BCUT2D eigenvalue weighted by molar-refractivity contribution is 6.32. The molecule has 8 heteroatoms. The molecule has 1 unspecified atom stereocenters. The summed E-state index contributed by atoms with van der Waals surface area (Å²) in [4.78, 5) is 55.2. The van der Waals surface area contributed by atoms with Crippen LogP contribution >= 0.6 is 11.6 Å². The highest BCUT2D eigenvalue weighted by atomic mass is 35.5. The predicted octanol–water partition coefficient (Wildman–Crippen LogP) is 1.98. The molecule has 1 atom stereocenters. The molecular weight excluding hydrogens is 394 g/mol. The Hall–Kier alpha value is -3.19. The molecule has 2 heterocycles. The third kappa shape index (κ3) is 2.98. The van der Waals surface area contributed by atoms with Gasteiger partial charge in [0.15, 0.2) is 0 Å². The van der Waals surface area contributed by atoms with Crippen molar-refractivity contribution >= 4 is 40.9 Å². The van der Waals surface area contributed by atoms with Gasteiger partial charge in [0.05, 0.1) is 11.1 Å². The van der Waals surface area contributed by atoms with Crippen molar-refractivity contribution in [3.8, 4) is 0 Å². The van der Waals surface area contributed by atoms with Crippen LogP contribution in [0.25, 0.3) is 0 Å². The van der Waals surface area contributed by atoms with Crippen molar-refractivity contribution in [3.63, 3.8) is 0 Å². The minimum Gasteiger partial charge on any atom is -0.347 e. The van der Waals surface area contributed by atoms with Gasteiger partial charge in [0.1, 0.15) is 12.6 Å². The zero-order chi connectivity index (χ0) is 20.9. The monoisotopic (exact) mass is 411 g/mol. The van der Waals surface area contributed by atoms with Crippen molar-refractivity contribution in [2.45, 2.75) is 12.5 Å². The van der Waals surface area contributed by atoms with Gasteiger partial charge in [-0.25, -0.2) is 0 Å². The van der Waals surface area contributed by atoms with Gasteiger partial charge in [-0.1, -0.05) is 29.8 Å². The van der Waals surface area contributed by atoms with E-state index in [2.05, 4.69) is 0 Å². The largest absolute Gasteiger partial charge is 0.347 e. The van der Waals surface area contributed by atoms with Gasteiger partial charge in [-0.15, -0.1) is 0 Å². The quantitative estimate of drug-likeness (QED) is 0.723. The van der Waals surface area contributed by atoms with Gasteiger partial charge in [-0.2, -0.15) is 0 Å². The molecule has 0 aliphatic carbocycles. The number of nitrogens with zero attached hydrogens (tertiary/aromatic N) is 3. The van der Waals surface area contributed by atoms with Crippen molar-refractivity contribution in [1.82, 2.24) is 9.80 Å². The van der Waals surface area contributed by atoms with Gasteiger partial charge in [0.2, 0.25) is 5.91 Å². The lowest BCUT2D eigenvalue weighted by Gasteiger charge is -2.37. The van der Waals surface area contributed by atoms with Crippen molar-refractivity contribution in [1.29, 1.82) is 0 Å². The summed E-state index contributed by atoms with van der Waals surface area (Å²) in [7, 11) is 3.19. The van der Waals surface area contributed by atoms with E-state index in [0.29, 0.717) is 16.3 Å². The van der Waals surface area contributed by atoms with Gasteiger partial charge in [-0.3, -0.25) is 24.1 Å². The normalized spacial score (nSPS) is 18.0. The zero-order valence-corrected chi connectivity index (χ0v) is 16.6. The molecule has 2 aromatic carbocycles. The Labute approximate surface area is 172 Å². The number of likely N-dealkylation sites (N-methyl/N-ethyl adjacent to an activating group) is 1. The molecule has 4 rings (SSSR count). The summed E-state index contributed by atoms with van der Waals surface area (Å²) in [6.07, 6.45) is 0.103. The zero-order valence-electron chi connectivity index (χ0n) is 15.9. The first-order valence-corrected chi connectivity index (χ1v) is 9.45. The number of amides is 4.